The third-order valence-corrected chi connectivity index (χ3v) is 5.90. The molecule has 7 heteroatoms. The summed E-state index contributed by atoms with van der Waals surface area (Å²) in [4.78, 5) is 4.23. The average molecular weight is 320 g/mol. The predicted octanol–water partition coefficient (Wildman–Crippen LogP) is 2.24. The number of alkyl halides is 1. The van der Waals surface area contributed by atoms with Gasteiger partial charge in [-0.3, -0.25) is 0 Å². The minimum absolute atomic E-state index is 0.165. The summed E-state index contributed by atoms with van der Waals surface area (Å²) in [6.07, 6.45) is 4.47. The molecule has 1 aliphatic rings. The fraction of sp³-hybridized carbons (Fsp3) is 0.769. The van der Waals surface area contributed by atoms with Gasteiger partial charge in [-0.25, -0.2) is 13.4 Å². The zero-order valence-electron chi connectivity index (χ0n) is 12.0. The van der Waals surface area contributed by atoms with Gasteiger partial charge >= 0.3 is 0 Å². The molecule has 0 bridgehead atoms. The maximum absolute atomic E-state index is 12.6. The number of imidazole rings is 1. The molecule has 1 aromatic rings. The summed E-state index contributed by atoms with van der Waals surface area (Å²) in [6.45, 7) is 5.76. The van der Waals surface area contributed by atoms with Gasteiger partial charge in [0.05, 0.1) is 0 Å². The standard InChI is InChI=1S/C13H22ClN3O2S/c1-3-6-16-10-13(15-11(16)2)20(18,19)17-7-4-5-12(8-14)9-17/h10,12H,3-9H2,1-2H3. The lowest BCUT2D eigenvalue weighted by Crippen LogP contribution is -2.40. The van der Waals surface area contributed by atoms with Crippen LogP contribution in [0.25, 0.3) is 0 Å². The Bertz CT molecular complexity index is 556. The van der Waals surface area contributed by atoms with Crippen molar-refractivity contribution in [3.8, 4) is 0 Å². The fourth-order valence-electron chi connectivity index (χ4n) is 2.57. The van der Waals surface area contributed by atoms with E-state index in [1.165, 1.54) is 4.31 Å². The second-order valence-corrected chi connectivity index (χ2v) is 7.54. The summed E-state index contributed by atoms with van der Waals surface area (Å²) in [7, 11) is -3.48. The SMILES string of the molecule is CCCn1cc(S(=O)(=O)N2CCCC(CCl)C2)nc1C. The average Bonchev–Trinajstić information content (AvgIpc) is 2.81. The Morgan fingerprint density at radius 1 is 1.50 bits per heavy atom. The second kappa shape index (κ2) is 6.45. The van der Waals surface area contributed by atoms with Crippen LogP contribution >= 0.6 is 11.6 Å². The van der Waals surface area contributed by atoms with E-state index >= 15 is 0 Å². The Kier molecular flexibility index (Phi) is 5.09. The van der Waals surface area contributed by atoms with E-state index in [1.807, 2.05) is 11.5 Å². The lowest BCUT2D eigenvalue weighted by molar-refractivity contribution is 0.283. The lowest BCUT2D eigenvalue weighted by atomic mass is 10.0. The molecule has 0 aliphatic carbocycles. The molecular formula is C13H22ClN3O2S. The first-order valence-electron chi connectivity index (χ1n) is 7.09. The first kappa shape index (κ1) is 15.8. The molecule has 5 nitrogen and oxygen atoms in total. The van der Waals surface area contributed by atoms with Crippen LogP contribution < -0.4 is 0 Å². The topological polar surface area (TPSA) is 55.2 Å². The van der Waals surface area contributed by atoms with Crippen molar-refractivity contribution < 1.29 is 8.42 Å². The van der Waals surface area contributed by atoms with Crippen LogP contribution in [-0.4, -0.2) is 41.2 Å². The molecule has 1 fully saturated rings. The third kappa shape index (κ3) is 3.18. The van der Waals surface area contributed by atoms with E-state index in [1.54, 1.807) is 6.20 Å². The number of nitrogens with zero attached hydrogens (tertiary/aromatic N) is 3. The quantitative estimate of drug-likeness (QED) is 0.782. The minimum Gasteiger partial charge on any atom is -0.334 e. The Hall–Kier alpha value is -0.590. The van der Waals surface area contributed by atoms with E-state index < -0.39 is 10.0 Å². The van der Waals surface area contributed by atoms with Crippen LogP contribution in [0.4, 0.5) is 0 Å². The van der Waals surface area contributed by atoms with E-state index in [0.29, 0.717) is 19.0 Å². The molecule has 114 valence electrons. The van der Waals surface area contributed by atoms with Gasteiger partial charge in [-0.1, -0.05) is 6.92 Å². The van der Waals surface area contributed by atoms with E-state index in [4.69, 9.17) is 11.6 Å². The number of aryl methyl sites for hydroxylation is 2. The van der Waals surface area contributed by atoms with Crippen molar-refractivity contribution in [3.05, 3.63) is 12.0 Å². The summed E-state index contributed by atoms with van der Waals surface area (Å²) in [6, 6.07) is 0. The van der Waals surface area contributed by atoms with Gasteiger partial charge in [0.15, 0.2) is 5.03 Å². The molecule has 0 saturated carbocycles. The van der Waals surface area contributed by atoms with Crippen LogP contribution in [0.3, 0.4) is 0 Å². The van der Waals surface area contributed by atoms with Crippen LogP contribution in [0.1, 0.15) is 32.0 Å². The highest BCUT2D eigenvalue weighted by atomic mass is 35.5. The molecule has 0 radical (unpaired) electrons. The Morgan fingerprint density at radius 3 is 2.90 bits per heavy atom. The predicted molar refractivity (Wildman–Crippen MR) is 79.5 cm³/mol. The van der Waals surface area contributed by atoms with Crippen molar-refractivity contribution in [2.45, 2.75) is 44.7 Å². The second-order valence-electron chi connectivity index (χ2n) is 5.35. The van der Waals surface area contributed by atoms with Gasteiger partial charge in [-0.15, -0.1) is 11.6 Å². The zero-order chi connectivity index (χ0) is 14.8. The van der Waals surface area contributed by atoms with E-state index in [-0.39, 0.29) is 10.9 Å². The Balaban J connectivity index is 2.23. The fourth-order valence-corrected chi connectivity index (χ4v) is 4.38. The van der Waals surface area contributed by atoms with Crippen molar-refractivity contribution >= 4 is 21.6 Å². The number of piperidine rings is 1. The van der Waals surface area contributed by atoms with Gasteiger partial charge in [-0.05, 0) is 32.1 Å². The molecular weight excluding hydrogens is 298 g/mol. The van der Waals surface area contributed by atoms with Gasteiger partial charge in [0.1, 0.15) is 5.82 Å². The van der Waals surface area contributed by atoms with Gasteiger partial charge in [0, 0.05) is 31.7 Å². The number of halogens is 1. The Morgan fingerprint density at radius 2 is 2.25 bits per heavy atom. The minimum atomic E-state index is -3.48. The van der Waals surface area contributed by atoms with E-state index in [2.05, 4.69) is 11.9 Å². The highest BCUT2D eigenvalue weighted by molar-refractivity contribution is 7.89. The summed E-state index contributed by atoms with van der Waals surface area (Å²) in [5.74, 6) is 1.50. The maximum atomic E-state index is 12.6. The molecule has 1 saturated heterocycles. The molecule has 2 rings (SSSR count). The monoisotopic (exact) mass is 319 g/mol. The molecule has 0 amide bonds. The zero-order valence-corrected chi connectivity index (χ0v) is 13.6. The largest absolute Gasteiger partial charge is 0.334 e. The van der Waals surface area contributed by atoms with Crippen molar-refractivity contribution in [3.63, 3.8) is 0 Å². The molecule has 20 heavy (non-hydrogen) atoms. The lowest BCUT2D eigenvalue weighted by Gasteiger charge is -2.30. The molecule has 0 spiro atoms. The highest BCUT2D eigenvalue weighted by Crippen LogP contribution is 2.24. The van der Waals surface area contributed by atoms with Crippen molar-refractivity contribution in [2.24, 2.45) is 5.92 Å². The summed E-state index contributed by atoms with van der Waals surface area (Å²) < 4.78 is 28.7. The van der Waals surface area contributed by atoms with Crippen LogP contribution in [0.5, 0.6) is 0 Å². The van der Waals surface area contributed by atoms with Crippen molar-refractivity contribution in [1.82, 2.24) is 13.9 Å². The normalized spacial score (nSPS) is 21.2. The van der Waals surface area contributed by atoms with Crippen LogP contribution in [0, 0.1) is 12.8 Å². The molecule has 1 unspecified atom stereocenters. The molecule has 0 aromatic carbocycles. The number of hydrogen-bond acceptors (Lipinski definition) is 3. The van der Waals surface area contributed by atoms with E-state index in [9.17, 15) is 8.42 Å². The van der Waals surface area contributed by atoms with Crippen LogP contribution in [0.15, 0.2) is 11.2 Å². The van der Waals surface area contributed by atoms with Gasteiger partial charge in [0.25, 0.3) is 10.0 Å². The van der Waals surface area contributed by atoms with Crippen molar-refractivity contribution in [2.75, 3.05) is 19.0 Å². The van der Waals surface area contributed by atoms with Gasteiger partial charge < -0.3 is 4.57 Å². The third-order valence-electron chi connectivity index (χ3n) is 3.72. The molecule has 1 aliphatic heterocycles. The number of rotatable bonds is 5. The Labute approximate surface area is 126 Å². The van der Waals surface area contributed by atoms with Crippen LogP contribution in [0.2, 0.25) is 0 Å². The summed E-state index contributed by atoms with van der Waals surface area (Å²) in [5, 5.41) is 0.165. The summed E-state index contributed by atoms with van der Waals surface area (Å²) >= 11 is 5.87. The van der Waals surface area contributed by atoms with Gasteiger partial charge in [0.2, 0.25) is 0 Å². The number of hydrogen-bond donors (Lipinski definition) is 0. The van der Waals surface area contributed by atoms with Crippen molar-refractivity contribution in [1.29, 1.82) is 0 Å². The molecule has 0 N–H and O–H groups in total. The molecule has 1 aromatic heterocycles. The van der Waals surface area contributed by atoms with Gasteiger partial charge in [-0.2, -0.15) is 4.31 Å². The first-order chi connectivity index (χ1) is 9.48. The van der Waals surface area contributed by atoms with E-state index in [0.717, 1.165) is 31.6 Å². The molecule has 2 heterocycles. The summed E-state index contributed by atoms with van der Waals surface area (Å²) in [5.41, 5.74) is 0. The number of aromatic nitrogens is 2. The van der Waals surface area contributed by atoms with Crippen LogP contribution in [-0.2, 0) is 16.6 Å². The highest BCUT2D eigenvalue weighted by Gasteiger charge is 2.31. The first-order valence-corrected chi connectivity index (χ1v) is 9.06. The number of sulfonamides is 1. The maximum Gasteiger partial charge on any atom is 0.262 e. The smallest absolute Gasteiger partial charge is 0.262 e. The molecule has 1 atom stereocenters.